The summed E-state index contributed by atoms with van der Waals surface area (Å²) in [7, 11) is -3.60. The van der Waals surface area contributed by atoms with Gasteiger partial charge in [-0.05, 0) is 42.3 Å². The number of rotatable bonds is 8. The average molecular weight is 389 g/mol. The van der Waals surface area contributed by atoms with Crippen molar-refractivity contribution >= 4 is 21.6 Å². The predicted molar refractivity (Wildman–Crippen MR) is 101 cm³/mol. The van der Waals surface area contributed by atoms with Crippen molar-refractivity contribution in [3.8, 4) is 6.07 Å². The molecule has 27 heavy (non-hydrogen) atoms. The number of hydrogen-bond acceptors (Lipinski definition) is 4. The molecule has 0 atom stereocenters. The second kappa shape index (κ2) is 9.14. The van der Waals surface area contributed by atoms with Crippen LogP contribution in [-0.2, 0) is 21.2 Å². The molecule has 0 heterocycles. The highest BCUT2D eigenvalue weighted by molar-refractivity contribution is 7.92. The van der Waals surface area contributed by atoms with Gasteiger partial charge in [0.1, 0.15) is 5.82 Å². The van der Waals surface area contributed by atoms with Gasteiger partial charge in [0.2, 0.25) is 15.9 Å². The van der Waals surface area contributed by atoms with Gasteiger partial charge in [-0.2, -0.15) is 5.26 Å². The van der Waals surface area contributed by atoms with Crippen LogP contribution >= 0.6 is 0 Å². The molecule has 1 amide bonds. The molecule has 0 aliphatic heterocycles. The third-order valence-corrected chi connectivity index (χ3v) is 5.05. The number of benzene rings is 2. The molecule has 2 rings (SSSR count). The van der Waals surface area contributed by atoms with Crippen LogP contribution < -0.4 is 9.62 Å². The van der Waals surface area contributed by atoms with Gasteiger partial charge in [-0.25, -0.2) is 12.8 Å². The van der Waals surface area contributed by atoms with Crippen molar-refractivity contribution in [1.29, 1.82) is 5.26 Å². The fourth-order valence-electron chi connectivity index (χ4n) is 2.51. The van der Waals surface area contributed by atoms with E-state index in [0.29, 0.717) is 24.2 Å². The molecule has 0 aromatic heterocycles. The first-order valence-corrected chi connectivity index (χ1v) is 10.1. The van der Waals surface area contributed by atoms with E-state index in [9.17, 15) is 17.6 Å². The first-order chi connectivity index (χ1) is 12.8. The topological polar surface area (TPSA) is 90.3 Å². The number of nitriles is 1. The lowest BCUT2D eigenvalue weighted by molar-refractivity contribution is -0.120. The number of carbonyl (C=O) groups excluding carboxylic acids is 1. The Morgan fingerprint density at radius 1 is 1.22 bits per heavy atom. The first-order valence-electron chi connectivity index (χ1n) is 8.28. The summed E-state index contributed by atoms with van der Waals surface area (Å²) in [5, 5.41) is 11.7. The van der Waals surface area contributed by atoms with Crippen molar-refractivity contribution in [1.82, 2.24) is 5.32 Å². The maximum absolute atomic E-state index is 12.9. The van der Waals surface area contributed by atoms with E-state index in [2.05, 4.69) is 5.32 Å². The molecule has 0 saturated carbocycles. The van der Waals surface area contributed by atoms with Crippen molar-refractivity contribution in [2.24, 2.45) is 0 Å². The molecule has 0 spiro atoms. The third-order valence-electron chi connectivity index (χ3n) is 3.85. The Bertz CT molecular complexity index is 937. The summed E-state index contributed by atoms with van der Waals surface area (Å²) < 4.78 is 38.1. The molecule has 8 heteroatoms. The molecule has 0 saturated heterocycles. The zero-order chi connectivity index (χ0) is 19.9. The van der Waals surface area contributed by atoms with E-state index >= 15 is 0 Å². The summed E-state index contributed by atoms with van der Waals surface area (Å²) >= 11 is 0. The second-order valence-corrected chi connectivity index (χ2v) is 7.88. The standard InChI is InChI=1S/C19H20FN3O3S/c1-27(25,26)23(18-4-2-3-16(13-18)14-21)12-10-19(24)22-11-9-15-5-7-17(20)8-6-15/h2-8,13H,9-12H2,1H3,(H,22,24). The second-order valence-electron chi connectivity index (χ2n) is 5.97. The van der Waals surface area contributed by atoms with Crippen molar-refractivity contribution in [3.05, 3.63) is 65.5 Å². The van der Waals surface area contributed by atoms with E-state index in [1.807, 2.05) is 6.07 Å². The summed E-state index contributed by atoms with van der Waals surface area (Å²) in [5.41, 5.74) is 1.57. The summed E-state index contributed by atoms with van der Waals surface area (Å²) in [6.45, 7) is 0.337. The summed E-state index contributed by atoms with van der Waals surface area (Å²) in [4.78, 5) is 12.0. The van der Waals surface area contributed by atoms with Crippen molar-refractivity contribution in [2.45, 2.75) is 12.8 Å². The monoisotopic (exact) mass is 389 g/mol. The van der Waals surface area contributed by atoms with E-state index < -0.39 is 10.0 Å². The molecule has 0 bridgehead atoms. The van der Waals surface area contributed by atoms with Crippen LogP contribution in [0, 0.1) is 17.1 Å². The zero-order valence-electron chi connectivity index (χ0n) is 14.9. The van der Waals surface area contributed by atoms with E-state index in [4.69, 9.17) is 5.26 Å². The minimum atomic E-state index is -3.60. The predicted octanol–water partition coefficient (Wildman–Crippen LogP) is 2.21. The van der Waals surface area contributed by atoms with E-state index in [0.717, 1.165) is 16.1 Å². The highest BCUT2D eigenvalue weighted by Gasteiger charge is 2.18. The molecule has 0 radical (unpaired) electrons. The van der Waals surface area contributed by atoms with Crippen LogP contribution in [0.3, 0.4) is 0 Å². The van der Waals surface area contributed by atoms with Crippen LogP contribution in [0.5, 0.6) is 0 Å². The van der Waals surface area contributed by atoms with Gasteiger partial charge < -0.3 is 5.32 Å². The van der Waals surface area contributed by atoms with Crippen LogP contribution in [0.4, 0.5) is 10.1 Å². The SMILES string of the molecule is CS(=O)(=O)N(CCC(=O)NCCc1ccc(F)cc1)c1cccc(C#N)c1. The zero-order valence-corrected chi connectivity index (χ0v) is 15.7. The molecule has 0 unspecified atom stereocenters. The number of hydrogen-bond donors (Lipinski definition) is 1. The number of amides is 1. The Labute approximate surface area is 158 Å². The van der Waals surface area contributed by atoms with Crippen LogP contribution in [0.15, 0.2) is 48.5 Å². The van der Waals surface area contributed by atoms with E-state index in [-0.39, 0.29) is 24.7 Å². The third kappa shape index (κ3) is 6.38. The van der Waals surface area contributed by atoms with Crippen molar-refractivity contribution in [2.75, 3.05) is 23.7 Å². The van der Waals surface area contributed by atoms with Crippen LogP contribution in [0.25, 0.3) is 0 Å². The minimum absolute atomic E-state index is 0.0206. The Morgan fingerprint density at radius 2 is 1.93 bits per heavy atom. The molecule has 0 aliphatic rings. The number of halogens is 1. The van der Waals surface area contributed by atoms with Crippen molar-refractivity contribution in [3.63, 3.8) is 0 Å². The quantitative estimate of drug-likeness (QED) is 0.749. The Hall–Kier alpha value is -2.92. The average Bonchev–Trinajstić information content (AvgIpc) is 2.62. The van der Waals surface area contributed by atoms with Gasteiger partial charge in [0.05, 0.1) is 23.6 Å². The van der Waals surface area contributed by atoms with E-state index in [1.54, 1.807) is 30.3 Å². The van der Waals surface area contributed by atoms with Gasteiger partial charge in [0.15, 0.2) is 0 Å². The lowest BCUT2D eigenvalue weighted by Crippen LogP contribution is -2.35. The summed E-state index contributed by atoms with van der Waals surface area (Å²) in [6.07, 6.45) is 1.58. The Balaban J connectivity index is 1.91. The lowest BCUT2D eigenvalue weighted by Gasteiger charge is -2.22. The number of nitrogens with zero attached hydrogens (tertiary/aromatic N) is 2. The molecular formula is C19H20FN3O3S. The molecule has 6 nitrogen and oxygen atoms in total. The Kier molecular flexibility index (Phi) is 6.91. The first kappa shape index (κ1) is 20.4. The van der Waals surface area contributed by atoms with Gasteiger partial charge in [0.25, 0.3) is 0 Å². The smallest absolute Gasteiger partial charge is 0.232 e. The highest BCUT2D eigenvalue weighted by Crippen LogP contribution is 2.19. The van der Waals surface area contributed by atoms with Crippen LogP contribution in [0.1, 0.15) is 17.5 Å². The highest BCUT2D eigenvalue weighted by atomic mass is 32.2. The number of nitrogens with one attached hydrogen (secondary N) is 1. The minimum Gasteiger partial charge on any atom is -0.356 e. The van der Waals surface area contributed by atoms with Crippen molar-refractivity contribution < 1.29 is 17.6 Å². The largest absolute Gasteiger partial charge is 0.356 e. The molecule has 2 aromatic rings. The molecule has 2 aromatic carbocycles. The van der Waals surface area contributed by atoms with Gasteiger partial charge >= 0.3 is 0 Å². The van der Waals surface area contributed by atoms with Gasteiger partial charge in [-0.3, -0.25) is 9.10 Å². The molecule has 142 valence electrons. The van der Waals surface area contributed by atoms with Crippen LogP contribution in [-0.4, -0.2) is 33.7 Å². The number of sulfonamides is 1. The van der Waals surface area contributed by atoms with Gasteiger partial charge in [-0.15, -0.1) is 0 Å². The summed E-state index contributed by atoms with van der Waals surface area (Å²) in [5.74, 6) is -0.605. The lowest BCUT2D eigenvalue weighted by atomic mass is 10.1. The molecular weight excluding hydrogens is 369 g/mol. The maximum atomic E-state index is 12.9. The Morgan fingerprint density at radius 3 is 2.56 bits per heavy atom. The van der Waals surface area contributed by atoms with Gasteiger partial charge in [-0.1, -0.05) is 18.2 Å². The molecule has 0 fully saturated rings. The number of carbonyl (C=O) groups is 1. The fraction of sp³-hybridized carbons (Fsp3) is 0.263. The normalized spacial score (nSPS) is 10.9. The summed E-state index contributed by atoms with van der Waals surface area (Å²) in [6, 6.07) is 14.2. The van der Waals surface area contributed by atoms with E-state index in [1.165, 1.54) is 18.2 Å². The maximum Gasteiger partial charge on any atom is 0.232 e. The van der Waals surface area contributed by atoms with Crippen LogP contribution in [0.2, 0.25) is 0 Å². The van der Waals surface area contributed by atoms with Gasteiger partial charge in [0, 0.05) is 19.5 Å². The molecule has 0 aliphatic carbocycles. The fourth-order valence-corrected chi connectivity index (χ4v) is 3.43. The molecule has 1 N–H and O–H groups in total. The number of anilines is 1.